The lowest BCUT2D eigenvalue weighted by atomic mass is 10.2. The zero-order chi connectivity index (χ0) is 12.1. The van der Waals surface area contributed by atoms with E-state index in [9.17, 15) is 0 Å². The van der Waals surface area contributed by atoms with Gasteiger partial charge in [-0.1, -0.05) is 66.7 Å². The maximum absolute atomic E-state index is 2.70. The number of hydrogen-bond donors (Lipinski definition) is 0. The van der Waals surface area contributed by atoms with E-state index in [0.717, 1.165) is 0 Å². The number of hydrogen-bond acceptors (Lipinski definition) is 1. The van der Waals surface area contributed by atoms with Crippen LogP contribution in [-0.2, 0) is 0 Å². The molecule has 0 aliphatic rings. The van der Waals surface area contributed by atoms with Crippen molar-refractivity contribution in [3.8, 4) is 0 Å². The molecule has 0 rings (SSSR count). The molecule has 0 aromatic heterocycles. The molecule has 0 aromatic carbocycles. The Morgan fingerprint density at radius 2 is 0.824 bits per heavy atom. The zero-order valence-electron chi connectivity index (χ0n) is 11.9. The molecule has 0 saturated carbocycles. The molecule has 0 aliphatic carbocycles. The first-order valence-electron chi connectivity index (χ1n) is 7.57. The summed E-state index contributed by atoms with van der Waals surface area (Å²) in [5.41, 5.74) is 0. The minimum atomic E-state index is 0. The Morgan fingerprint density at radius 3 is 1.06 bits per heavy atom. The summed E-state index contributed by atoms with van der Waals surface area (Å²) in [5.74, 6) is 0. The molecule has 0 radical (unpaired) electrons. The Hall–Kier alpha value is -0.0400. The van der Waals surface area contributed by atoms with Gasteiger partial charge in [-0.25, -0.2) is 0 Å². The van der Waals surface area contributed by atoms with Gasteiger partial charge in [0.05, 0.1) is 0 Å². The van der Waals surface area contributed by atoms with Gasteiger partial charge in [-0.3, -0.25) is 0 Å². The van der Waals surface area contributed by atoms with Crippen LogP contribution < -0.4 is 0 Å². The molecule has 0 N–H and O–H groups in total. The summed E-state index contributed by atoms with van der Waals surface area (Å²) in [6.07, 6.45) is 12.4. The second-order valence-electron chi connectivity index (χ2n) is 4.96. The van der Waals surface area contributed by atoms with Crippen LogP contribution >= 0.6 is 0 Å². The minimum absolute atomic E-state index is 0. The number of rotatable bonds is 12. The van der Waals surface area contributed by atoms with Crippen molar-refractivity contribution in [2.75, 3.05) is 19.6 Å². The van der Waals surface area contributed by atoms with Crippen LogP contribution in [0.5, 0.6) is 0 Å². The van der Waals surface area contributed by atoms with Gasteiger partial charge in [-0.2, -0.15) is 0 Å². The first-order valence-corrected chi connectivity index (χ1v) is 7.57. The van der Waals surface area contributed by atoms with Gasteiger partial charge in [0.15, 0.2) is 0 Å². The van der Waals surface area contributed by atoms with Gasteiger partial charge in [0.2, 0.25) is 0 Å². The molecule has 0 aliphatic heterocycles. The molecule has 0 heterocycles. The molecule has 0 bridgehead atoms. The van der Waals surface area contributed by atoms with Crippen LogP contribution in [0.15, 0.2) is 0 Å². The molecule has 0 spiro atoms. The zero-order valence-corrected chi connectivity index (χ0v) is 11.9. The van der Waals surface area contributed by atoms with Crippen LogP contribution in [0, 0.1) is 0 Å². The summed E-state index contributed by atoms with van der Waals surface area (Å²) in [6.45, 7) is 10.9. The third-order valence-electron chi connectivity index (χ3n) is 3.23. The van der Waals surface area contributed by atoms with Gasteiger partial charge in [0, 0.05) is 0 Å². The Balaban J connectivity index is 0. The van der Waals surface area contributed by atoms with E-state index in [1.807, 2.05) is 0 Å². The predicted octanol–water partition coefficient (Wildman–Crippen LogP) is 5.50. The maximum Gasteiger partial charge on any atom is -0.00187 e. The average molecular weight is 243 g/mol. The summed E-state index contributed by atoms with van der Waals surface area (Å²) in [7, 11) is 0. The van der Waals surface area contributed by atoms with E-state index in [0.29, 0.717) is 0 Å². The highest BCUT2D eigenvalue weighted by Gasteiger charge is 2.03. The van der Waals surface area contributed by atoms with Crippen molar-refractivity contribution in [3.05, 3.63) is 0 Å². The topological polar surface area (TPSA) is 3.24 Å². The van der Waals surface area contributed by atoms with Gasteiger partial charge in [-0.05, 0) is 38.9 Å². The molecule has 0 fully saturated rings. The lowest BCUT2D eigenvalue weighted by molar-refractivity contribution is 0.256. The van der Waals surface area contributed by atoms with Gasteiger partial charge < -0.3 is 4.90 Å². The Kier molecular flexibility index (Phi) is 18.1. The molecule has 0 aromatic rings. The first kappa shape index (κ1) is 19.3. The fourth-order valence-electron chi connectivity index (χ4n) is 2.09. The quantitative estimate of drug-likeness (QED) is 0.409. The summed E-state index contributed by atoms with van der Waals surface area (Å²) < 4.78 is 0. The van der Waals surface area contributed by atoms with Crippen LogP contribution in [0.1, 0.15) is 86.0 Å². The van der Waals surface area contributed by atoms with Crippen molar-refractivity contribution < 1.29 is 0 Å². The van der Waals surface area contributed by atoms with Crippen LogP contribution in [-0.4, -0.2) is 24.5 Å². The van der Waals surface area contributed by atoms with E-state index < -0.39 is 0 Å². The smallest absolute Gasteiger partial charge is 0.00187 e. The van der Waals surface area contributed by atoms with Crippen LogP contribution in [0.25, 0.3) is 0 Å². The largest absolute Gasteiger partial charge is 0.303 e. The molecular weight excluding hydrogens is 206 g/mol. The SMILES string of the molecule is C.CCCCCN(CCCCC)CCCCC. The fourth-order valence-corrected chi connectivity index (χ4v) is 2.09. The highest BCUT2D eigenvalue weighted by atomic mass is 15.1. The molecule has 1 heteroatoms. The predicted molar refractivity (Wildman–Crippen MR) is 81.7 cm³/mol. The molecule has 0 unspecified atom stereocenters. The van der Waals surface area contributed by atoms with Gasteiger partial charge in [-0.15, -0.1) is 0 Å². The first-order chi connectivity index (χ1) is 7.85. The van der Waals surface area contributed by atoms with E-state index in [1.54, 1.807) is 0 Å². The van der Waals surface area contributed by atoms with Crippen molar-refractivity contribution in [1.82, 2.24) is 4.90 Å². The number of nitrogens with zero attached hydrogens (tertiary/aromatic N) is 1. The molecule has 0 atom stereocenters. The van der Waals surface area contributed by atoms with Crippen molar-refractivity contribution in [1.29, 1.82) is 0 Å². The van der Waals surface area contributed by atoms with Crippen LogP contribution in [0.3, 0.4) is 0 Å². The highest BCUT2D eigenvalue weighted by Crippen LogP contribution is 2.05. The Morgan fingerprint density at radius 1 is 0.529 bits per heavy atom. The monoisotopic (exact) mass is 243 g/mol. The molecule has 0 amide bonds. The maximum atomic E-state index is 2.70. The van der Waals surface area contributed by atoms with Crippen LogP contribution in [0.4, 0.5) is 0 Å². The van der Waals surface area contributed by atoms with Crippen molar-refractivity contribution in [3.63, 3.8) is 0 Å². The third-order valence-corrected chi connectivity index (χ3v) is 3.23. The van der Waals surface area contributed by atoms with Crippen molar-refractivity contribution in [2.45, 2.75) is 86.0 Å². The molecule has 1 nitrogen and oxygen atoms in total. The van der Waals surface area contributed by atoms with E-state index in [1.165, 1.54) is 77.4 Å². The van der Waals surface area contributed by atoms with E-state index in [4.69, 9.17) is 0 Å². The average Bonchev–Trinajstić information content (AvgIpc) is 2.29. The lowest BCUT2D eigenvalue weighted by Crippen LogP contribution is -2.27. The van der Waals surface area contributed by atoms with Crippen molar-refractivity contribution >= 4 is 0 Å². The van der Waals surface area contributed by atoms with E-state index in [-0.39, 0.29) is 7.43 Å². The van der Waals surface area contributed by atoms with Crippen LogP contribution in [0.2, 0.25) is 0 Å². The summed E-state index contributed by atoms with van der Waals surface area (Å²) in [4.78, 5) is 2.70. The van der Waals surface area contributed by atoms with E-state index in [2.05, 4.69) is 25.7 Å². The highest BCUT2D eigenvalue weighted by molar-refractivity contribution is 4.58. The fraction of sp³-hybridized carbons (Fsp3) is 1.00. The third kappa shape index (κ3) is 13.9. The molecule has 106 valence electrons. The summed E-state index contributed by atoms with van der Waals surface area (Å²) >= 11 is 0. The Labute approximate surface area is 111 Å². The normalized spacial score (nSPS) is 10.6. The second kappa shape index (κ2) is 16.0. The Bertz CT molecular complexity index is 98.9. The summed E-state index contributed by atoms with van der Waals surface area (Å²) in [5, 5.41) is 0. The molecular formula is C16H37N. The molecule has 17 heavy (non-hydrogen) atoms. The van der Waals surface area contributed by atoms with Crippen molar-refractivity contribution in [2.24, 2.45) is 0 Å². The second-order valence-corrected chi connectivity index (χ2v) is 4.96. The molecule has 0 saturated heterocycles. The minimum Gasteiger partial charge on any atom is -0.303 e. The number of unbranched alkanes of at least 4 members (excludes halogenated alkanes) is 6. The van der Waals surface area contributed by atoms with E-state index >= 15 is 0 Å². The van der Waals surface area contributed by atoms with Gasteiger partial charge >= 0.3 is 0 Å². The van der Waals surface area contributed by atoms with Gasteiger partial charge in [0.25, 0.3) is 0 Å². The summed E-state index contributed by atoms with van der Waals surface area (Å²) in [6, 6.07) is 0. The van der Waals surface area contributed by atoms with Gasteiger partial charge in [0.1, 0.15) is 0 Å². The lowest BCUT2D eigenvalue weighted by Gasteiger charge is -2.22. The standard InChI is InChI=1S/C15H33N.CH4/c1-4-7-10-13-16(14-11-8-5-2)15-12-9-6-3;/h4-15H2,1-3H3;1H4.